The first kappa shape index (κ1) is 23.8. The second-order valence-corrected chi connectivity index (χ2v) is 9.35. The van der Waals surface area contributed by atoms with Gasteiger partial charge in [-0.2, -0.15) is 0 Å². The molecule has 0 atom stereocenters. The van der Waals surface area contributed by atoms with Gasteiger partial charge < -0.3 is 5.21 Å². The Balaban J connectivity index is 1.80. The van der Waals surface area contributed by atoms with Crippen LogP contribution in [0, 0.1) is 24.1 Å². The molecule has 0 saturated heterocycles. The molecule has 0 aromatic heterocycles. The predicted octanol–water partition coefficient (Wildman–Crippen LogP) is 4.50. The molecule has 0 fully saturated rings. The Morgan fingerprint density at radius 3 is 2.36 bits per heavy atom. The summed E-state index contributed by atoms with van der Waals surface area (Å²) in [4.78, 5) is 0.181. The molecule has 0 saturated carbocycles. The van der Waals surface area contributed by atoms with Gasteiger partial charge in [0.25, 0.3) is 10.0 Å². The average Bonchev–Trinajstić information content (AvgIpc) is 2.80. The van der Waals surface area contributed by atoms with Crippen molar-refractivity contribution >= 4 is 16.2 Å². The van der Waals surface area contributed by atoms with Gasteiger partial charge in [0.15, 0.2) is 12.8 Å². The lowest BCUT2D eigenvalue weighted by molar-refractivity contribution is -0.469. The monoisotopic (exact) mass is 458 g/mol. The Bertz CT molecular complexity index is 1290. The molecule has 168 valence electrons. The van der Waals surface area contributed by atoms with Crippen LogP contribution in [-0.4, -0.2) is 30.2 Å². The van der Waals surface area contributed by atoms with Crippen LogP contribution in [0.15, 0.2) is 96.4 Å². The molecule has 0 aliphatic heterocycles. The molecule has 33 heavy (non-hydrogen) atoms. The summed E-state index contributed by atoms with van der Waals surface area (Å²) in [6.45, 7) is 5.86. The lowest BCUT2D eigenvalue weighted by Crippen LogP contribution is -2.26. The van der Waals surface area contributed by atoms with Crippen molar-refractivity contribution in [1.82, 2.24) is 4.31 Å². The quantitative estimate of drug-likeness (QED) is 0.0949. The molecule has 0 aliphatic carbocycles. The second kappa shape index (κ2) is 11.2. The van der Waals surface area contributed by atoms with Crippen LogP contribution >= 0.6 is 0 Å². The summed E-state index contributed by atoms with van der Waals surface area (Å²) in [5.41, 5.74) is 3.48. The number of hydrogen-bond acceptors (Lipinski definition) is 3. The van der Waals surface area contributed by atoms with Crippen LogP contribution in [0.1, 0.15) is 22.3 Å². The van der Waals surface area contributed by atoms with E-state index in [1.165, 1.54) is 12.3 Å². The molecular weight excluding hydrogens is 432 g/mol. The van der Waals surface area contributed by atoms with Gasteiger partial charge in [0.05, 0.1) is 11.4 Å². The maximum atomic E-state index is 13.0. The van der Waals surface area contributed by atoms with Crippen LogP contribution in [0.2, 0.25) is 0 Å². The minimum atomic E-state index is -3.78. The fourth-order valence-electron chi connectivity index (χ4n) is 3.17. The third-order valence-electron chi connectivity index (χ3n) is 4.91. The topological polar surface area (TPSA) is 63.4 Å². The van der Waals surface area contributed by atoms with Gasteiger partial charge in [0.1, 0.15) is 0 Å². The van der Waals surface area contributed by atoms with E-state index < -0.39 is 10.0 Å². The molecule has 5 nitrogen and oxygen atoms in total. The van der Waals surface area contributed by atoms with Crippen LogP contribution in [0.5, 0.6) is 0 Å². The Labute approximate surface area is 196 Å². The number of hydrogen-bond donors (Lipinski definition) is 0. The summed E-state index contributed by atoms with van der Waals surface area (Å²) >= 11 is 0. The minimum absolute atomic E-state index is 0.0718. The molecule has 6 heteroatoms. The van der Waals surface area contributed by atoms with Crippen LogP contribution in [-0.2, 0) is 23.0 Å². The molecular formula is C27H26N2O3S. The molecule has 0 spiro atoms. The zero-order valence-electron chi connectivity index (χ0n) is 18.5. The van der Waals surface area contributed by atoms with Crippen LogP contribution < -0.4 is 0 Å². The molecule has 0 N–H and O–H groups in total. The fraction of sp³-hybridized carbons (Fsp3) is 0.148. The summed E-state index contributed by atoms with van der Waals surface area (Å²) in [5.74, 6) is 2.95. The third-order valence-corrected chi connectivity index (χ3v) is 6.59. The summed E-state index contributed by atoms with van der Waals surface area (Å²) in [7, 11) is -3.78. The van der Waals surface area contributed by atoms with Crippen molar-refractivity contribution in [3.05, 3.63) is 119 Å². The van der Waals surface area contributed by atoms with Gasteiger partial charge in [-0.05, 0) is 30.7 Å². The van der Waals surface area contributed by atoms with Crippen molar-refractivity contribution in [2.45, 2.75) is 24.8 Å². The van der Waals surface area contributed by atoms with E-state index in [4.69, 9.17) is 0 Å². The molecule has 0 unspecified atom stereocenters. The zero-order valence-corrected chi connectivity index (χ0v) is 19.3. The highest BCUT2D eigenvalue weighted by atomic mass is 32.2. The normalized spacial score (nSPS) is 11.4. The Kier molecular flexibility index (Phi) is 8.06. The number of hydroxylamine groups is 1. The van der Waals surface area contributed by atoms with Crippen molar-refractivity contribution in [2.75, 3.05) is 6.54 Å². The first-order chi connectivity index (χ1) is 15.9. The van der Waals surface area contributed by atoms with Gasteiger partial charge >= 0.3 is 0 Å². The first-order valence-corrected chi connectivity index (χ1v) is 11.9. The van der Waals surface area contributed by atoms with E-state index >= 15 is 0 Å². The fourth-order valence-corrected chi connectivity index (χ4v) is 4.39. The van der Waals surface area contributed by atoms with Gasteiger partial charge in [0, 0.05) is 23.6 Å². The summed E-state index contributed by atoms with van der Waals surface area (Å²) in [6.07, 6.45) is 3.33. The lowest BCUT2D eigenvalue weighted by Gasteiger charge is -2.16. The van der Waals surface area contributed by atoms with Crippen molar-refractivity contribution in [3.8, 4) is 12.0 Å². The lowest BCUT2D eigenvalue weighted by atomic mass is 10.1. The van der Waals surface area contributed by atoms with Gasteiger partial charge in [-0.1, -0.05) is 78.2 Å². The Morgan fingerprint density at radius 2 is 1.67 bits per heavy atom. The van der Waals surface area contributed by atoms with Gasteiger partial charge in [-0.3, -0.25) is 0 Å². The predicted molar refractivity (Wildman–Crippen MR) is 132 cm³/mol. The smallest absolute Gasteiger partial charge is 0.271 e. The van der Waals surface area contributed by atoms with Crippen LogP contribution in [0.25, 0.3) is 0 Å². The van der Waals surface area contributed by atoms with E-state index in [0.717, 1.165) is 31.3 Å². The highest BCUT2D eigenvalue weighted by Gasteiger charge is 2.20. The largest absolute Gasteiger partial charge is 0.624 e. The number of aryl methyl sites for hydroxylation is 1. The van der Waals surface area contributed by atoms with E-state index in [0.29, 0.717) is 6.42 Å². The summed E-state index contributed by atoms with van der Waals surface area (Å²) in [6, 6.07) is 26.4. The van der Waals surface area contributed by atoms with Crippen molar-refractivity contribution in [2.24, 2.45) is 0 Å². The van der Waals surface area contributed by atoms with Crippen LogP contribution in [0.4, 0.5) is 0 Å². The SMILES string of the molecule is C=CCN(C#CCc1ccccc1/C=[N+](\[O-])Cc1ccccc1)S(=O)(=O)c1ccc(C)cc1. The van der Waals surface area contributed by atoms with E-state index in [2.05, 4.69) is 18.5 Å². The third kappa shape index (κ3) is 6.58. The number of sulfonamides is 1. The standard InChI is InChI=1S/C27H26N2O3S/c1-3-19-29(33(31,32)27-17-15-23(2)16-18-27)20-9-14-25-12-7-8-13-26(25)22-28(30)21-24-10-5-4-6-11-24/h3-8,10-13,15-18,22H,1,14,19,21H2,2H3/b28-22-. The number of rotatable bonds is 8. The van der Waals surface area contributed by atoms with Crippen molar-refractivity contribution in [3.63, 3.8) is 0 Å². The zero-order chi connectivity index (χ0) is 23.7. The van der Waals surface area contributed by atoms with Crippen molar-refractivity contribution in [1.29, 1.82) is 0 Å². The van der Waals surface area contributed by atoms with Crippen molar-refractivity contribution < 1.29 is 13.2 Å². The molecule has 0 aliphatic rings. The van der Waals surface area contributed by atoms with E-state index in [9.17, 15) is 13.6 Å². The minimum Gasteiger partial charge on any atom is -0.624 e. The summed E-state index contributed by atoms with van der Waals surface area (Å²) in [5, 5.41) is 12.4. The van der Waals surface area contributed by atoms with E-state index in [1.807, 2.05) is 61.5 Å². The molecule has 3 rings (SSSR count). The Morgan fingerprint density at radius 1 is 1.00 bits per heavy atom. The average molecular weight is 459 g/mol. The molecule has 0 heterocycles. The van der Waals surface area contributed by atoms with Gasteiger partial charge in [0.2, 0.25) is 0 Å². The maximum absolute atomic E-state index is 13.0. The number of benzene rings is 3. The molecule has 3 aromatic carbocycles. The Hall–Kier alpha value is -3.82. The van der Waals surface area contributed by atoms with Crippen LogP contribution in [0.3, 0.4) is 0 Å². The molecule has 0 radical (unpaired) electrons. The van der Waals surface area contributed by atoms with E-state index in [1.54, 1.807) is 24.3 Å². The van der Waals surface area contributed by atoms with Gasteiger partial charge in [-0.25, -0.2) is 17.5 Å². The summed E-state index contributed by atoms with van der Waals surface area (Å²) < 4.78 is 27.9. The molecule has 0 bridgehead atoms. The maximum Gasteiger partial charge on any atom is 0.271 e. The molecule has 3 aromatic rings. The first-order valence-electron chi connectivity index (χ1n) is 10.5. The highest BCUT2D eigenvalue weighted by molar-refractivity contribution is 7.89. The molecule has 0 amide bonds. The van der Waals surface area contributed by atoms with Gasteiger partial charge in [-0.15, -0.1) is 6.58 Å². The van der Waals surface area contributed by atoms with E-state index in [-0.39, 0.29) is 18.0 Å². The second-order valence-electron chi connectivity index (χ2n) is 7.49. The highest BCUT2D eigenvalue weighted by Crippen LogP contribution is 2.16. The number of nitrogens with zero attached hydrogens (tertiary/aromatic N) is 2.